The van der Waals surface area contributed by atoms with Gasteiger partial charge in [0.25, 0.3) is 0 Å². The molecule has 6 nitrogen and oxygen atoms in total. The third kappa shape index (κ3) is 2.59. The van der Waals surface area contributed by atoms with Crippen LogP contribution in [0.2, 0.25) is 0 Å². The van der Waals surface area contributed by atoms with Crippen molar-refractivity contribution in [1.82, 2.24) is 4.90 Å². The summed E-state index contributed by atoms with van der Waals surface area (Å²) in [5, 5.41) is 0. The first-order valence-corrected chi connectivity index (χ1v) is 10.6. The monoisotopic (exact) mass is 375 g/mol. The lowest BCUT2D eigenvalue weighted by molar-refractivity contribution is -0.204. The van der Waals surface area contributed by atoms with Crippen molar-refractivity contribution in [2.24, 2.45) is 11.8 Å². The summed E-state index contributed by atoms with van der Waals surface area (Å²) in [5.74, 6) is -0.631. The van der Waals surface area contributed by atoms with Crippen LogP contribution >= 0.6 is 0 Å². The van der Waals surface area contributed by atoms with E-state index in [1.54, 1.807) is 0 Å². The summed E-state index contributed by atoms with van der Waals surface area (Å²) in [6.45, 7) is 5.03. The summed E-state index contributed by atoms with van der Waals surface area (Å²) in [5.41, 5.74) is 0.656. The molecule has 148 valence electrons. The minimum absolute atomic E-state index is 0.0434. The topological polar surface area (TPSA) is 65.1 Å². The predicted octanol–water partition coefficient (Wildman–Crippen LogP) is 2.56. The summed E-state index contributed by atoms with van der Waals surface area (Å²) >= 11 is 0. The Kier molecular flexibility index (Phi) is 4.13. The van der Waals surface area contributed by atoms with Crippen LogP contribution < -0.4 is 0 Å². The third-order valence-corrected chi connectivity index (χ3v) is 7.48. The summed E-state index contributed by atoms with van der Waals surface area (Å²) in [4.78, 5) is 26.4. The van der Waals surface area contributed by atoms with Crippen LogP contribution in [0.25, 0.3) is 0 Å². The Morgan fingerprint density at radius 1 is 1.15 bits per heavy atom. The highest BCUT2D eigenvalue weighted by atomic mass is 16.7. The maximum absolute atomic E-state index is 12.1. The molecule has 4 fully saturated rings. The first-order valence-electron chi connectivity index (χ1n) is 10.6. The van der Waals surface area contributed by atoms with Crippen molar-refractivity contribution in [2.45, 2.75) is 88.9 Å². The maximum atomic E-state index is 12.1. The van der Waals surface area contributed by atoms with Gasteiger partial charge in [-0.2, -0.15) is 0 Å². The van der Waals surface area contributed by atoms with Crippen LogP contribution in [0.5, 0.6) is 0 Å². The molecular formula is C21H29NO5. The second-order valence-corrected chi connectivity index (χ2v) is 8.85. The molecule has 0 bridgehead atoms. The van der Waals surface area contributed by atoms with Gasteiger partial charge in [0.1, 0.15) is 6.10 Å². The van der Waals surface area contributed by atoms with Crippen molar-refractivity contribution >= 4 is 11.9 Å². The number of hydrogen-bond donors (Lipinski definition) is 0. The molecule has 1 spiro atoms. The fourth-order valence-corrected chi connectivity index (χ4v) is 6.47. The highest BCUT2D eigenvalue weighted by Gasteiger charge is 2.62. The Morgan fingerprint density at radius 2 is 1.96 bits per heavy atom. The molecular weight excluding hydrogens is 346 g/mol. The number of hydrogen-bond acceptors (Lipinski definition) is 6. The molecule has 4 saturated heterocycles. The van der Waals surface area contributed by atoms with Crippen LogP contribution in [0.15, 0.2) is 11.6 Å². The zero-order valence-electron chi connectivity index (χ0n) is 16.2. The quantitative estimate of drug-likeness (QED) is 0.691. The zero-order chi connectivity index (χ0) is 18.8. The van der Waals surface area contributed by atoms with E-state index in [1.807, 2.05) is 13.0 Å². The molecule has 5 rings (SSSR count). The number of carbonyl (C=O) groups is 2. The third-order valence-electron chi connectivity index (χ3n) is 7.48. The lowest BCUT2D eigenvalue weighted by Gasteiger charge is -2.37. The van der Waals surface area contributed by atoms with E-state index in [9.17, 15) is 9.59 Å². The van der Waals surface area contributed by atoms with Gasteiger partial charge in [-0.15, -0.1) is 0 Å². The van der Waals surface area contributed by atoms with E-state index in [-0.39, 0.29) is 30.1 Å². The average Bonchev–Trinajstić information content (AvgIpc) is 3.34. The Morgan fingerprint density at radius 3 is 2.63 bits per heavy atom. The first kappa shape index (κ1) is 17.7. The smallest absolute Gasteiger partial charge is 0.336 e. The van der Waals surface area contributed by atoms with Crippen molar-refractivity contribution in [3.8, 4) is 0 Å². The van der Waals surface area contributed by atoms with Gasteiger partial charge < -0.3 is 14.2 Å². The van der Waals surface area contributed by atoms with Crippen molar-refractivity contribution in [3.05, 3.63) is 11.6 Å². The fourth-order valence-electron chi connectivity index (χ4n) is 6.47. The molecule has 5 aliphatic heterocycles. The van der Waals surface area contributed by atoms with Crippen LogP contribution in [-0.2, 0) is 23.8 Å². The highest BCUT2D eigenvalue weighted by Crippen LogP contribution is 2.54. The van der Waals surface area contributed by atoms with Crippen LogP contribution in [0.4, 0.5) is 0 Å². The summed E-state index contributed by atoms with van der Waals surface area (Å²) in [7, 11) is 0. The molecule has 0 unspecified atom stereocenters. The Balaban J connectivity index is 1.44. The second-order valence-electron chi connectivity index (χ2n) is 8.85. The minimum Gasteiger partial charge on any atom is -0.461 e. The van der Waals surface area contributed by atoms with E-state index in [4.69, 9.17) is 14.2 Å². The minimum atomic E-state index is -0.869. The number of cyclic esters (lactones) is 1. The number of fused-ring (bicyclic) bond motifs is 3. The first-order chi connectivity index (χ1) is 13.0. The molecule has 0 saturated carbocycles. The van der Waals surface area contributed by atoms with E-state index in [0.29, 0.717) is 30.0 Å². The number of nitrogens with zero attached hydrogens (tertiary/aromatic N) is 1. The van der Waals surface area contributed by atoms with E-state index in [2.05, 4.69) is 11.8 Å². The molecule has 5 aliphatic rings. The largest absolute Gasteiger partial charge is 0.461 e. The molecule has 0 radical (unpaired) electrons. The number of carbonyl (C=O) groups excluding carboxylic acids is 2. The predicted molar refractivity (Wildman–Crippen MR) is 96.6 cm³/mol. The van der Waals surface area contributed by atoms with Gasteiger partial charge in [-0.25, -0.2) is 4.79 Å². The van der Waals surface area contributed by atoms with Gasteiger partial charge >= 0.3 is 11.9 Å². The van der Waals surface area contributed by atoms with Crippen molar-refractivity contribution in [1.29, 1.82) is 0 Å². The maximum Gasteiger partial charge on any atom is 0.336 e. The molecule has 0 aromatic heterocycles. The van der Waals surface area contributed by atoms with Crippen LogP contribution in [0, 0.1) is 11.8 Å². The van der Waals surface area contributed by atoms with Crippen molar-refractivity contribution in [2.75, 3.05) is 6.54 Å². The summed E-state index contributed by atoms with van der Waals surface area (Å²) in [6, 6.07) is 0.747. The number of ether oxygens (including phenoxy) is 3. The average molecular weight is 375 g/mol. The van der Waals surface area contributed by atoms with E-state index >= 15 is 0 Å². The molecule has 7 atom stereocenters. The van der Waals surface area contributed by atoms with Crippen molar-refractivity contribution < 1.29 is 23.8 Å². The zero-order valence-corrected chi connectivity index (χ0v) is 16.2. The molecule has 0 aromatic rings. The molecule has 0 amide bonds. The van der Waals surface area contributed by atoms with Gasteiger partial charge in [-0.05, 0) is 58.1 Å². The van der Waals surface area contributed by atoms with Gasteiger partial charge in [-0.3, -0.25) is 9.69 Å². The normalized spacial score (nSPS) is 46.8. The lowest BCUT2D eigenvalue weighted by Crippen LogP contribution is -2.48. The number of rotatable bonds is 2. The molecule has 0 N–H and O–H groups in total. The standard InChI is InChI=1S/C21H29NO5/c1-3-13-19-15-7-6-14(16-8-9-18(23)25-16)22(15)10-4-5-17(19)26-21(13)11-12(2)20(24)27-21/h11,13-17,19H,3-10H2,1-2H3/t13-,14-,15-,16-,17+,19+,21-/m0/s1. The molecule has 6 heteroatoms. The van der Waals surface area contributed by atoms with Gasteiger partial charge in [0.2, 0.25) is 5.79 Å². The molecule has 27 heavy (non-hydrogen) atoms. The van der Waals surface area contributed by atoms with Crippen molar-refractivity contribution in [3.63, 3.8) is 0 Å². The van der Waals surface area contributed by atoms with E-state index < -0.39 is 5.79 Å². The SMILES string of the molecule is CC[C@H]1[C@H]2[C@@H](CCCN3[C@H]2CC[C@H]3[C@@H]2CCC(=O)O2)O[C@]12C=C(C)C(=O)O2. The number of esters is 2. The summed E-state index contributed by atoms with van der Waals surface area (Å²) in [6.07, 6.45) is 8.66. The Labute approximate surface area is 160 Å². The Bertz CT molecular complexity index is 690. The summed E-state index contributed by atoms with van der Waals surface area (Å²) < 4.78 is 17.9. The van der Waals surface area contributed by atoms with Gasteiger partial charge in [0, 0.05) is 35.9 Å². The van der Waals surface area contributed by atoms with E-state index in [0.717, 1.165) is 45.1 Å². The van der Waals surface area contributed by atoms with Gasteiger partial charge in [-0.1, -0.05) is 6.92 Å². The fraction of sp³-hybridized carbons (Fsp3) is 0.810. The van der Waals surface area contributed by atoms with Gasteiger partial charge in [0.05, 0.1) is 6.10 Å². The Hall–Kier alpha value is -1.40. The lowest BCUT2D eigenvalue weighted by atomic mass is 9.77. The van der Waals surface area contributed by atoms with Crippen LogP contribution in [0.1, 0.15) is 58.8 Å². The second kappa shape index (κ2) is 6.31. The van der Waals surface area contributed by atoms with Crippen LogP contribution in [-0.4, -0.2) is 53.5 Å². The molecule has 5 heterocycles. The molecule has 0 aliphatic carbocycles. The highest BCUT2D eigenvalue weighted by molar-refractivity contribution is 5.90. The molecule has 0 aromatic carbocycles. The van der Waals surface area contributed by atoms with Gasteiger partial charge in [0.15, 0.2) is 0 Å². The van der Waals surface area contributed by atoms with E-state index in [1.165, 1.54) is 0 Å². The van der Waals surface area contributed by atoms with Crippen LogP contribution in [0.3, 0.4) is 0 Å².